The number of phenolic OH excluding ortho intramolecular Hbond substituents is 1. The van der Waals surface area contributed by atoms with Gasteiger partial charge < -0.3 is 62.8 Å². The van der Waals surface area contributed by atoms with Crippen molar-refractivity contribution in [3.05, 3.63) is 83.9 Å². The van der Waals surface area contributed by atoms with Crippen LogP contribution >= 0.6 is 0 Å². The highest BCUT2D eigenvalue weighted by molar-refractivity contribution is 6.00. The summed E-state index contributed by atoms with van der Waals surface area (Å²) in [5.74, 6) is -3.75. The van der Waals surface area contributed by atoms with Crippen LogP contribution in [0.2, 0.25) is 0 Å². The first kappa shape index (κ1) is 49.9. The molecule has 3 fully saturated rings. The topological polar surface area (TPSA) is 288 Å². The monoisotopic (exact) mass is 925 g/mol. The molecule has 0 spiro atoms. The predicted molar refractivity (Wildman–Crippen MR) is 247 cm³/mol. The average molecular weight is 926 g/mol. The van der Waals surface area contributed by atoms with Gasteiger partial charge in [-0.05, 0) is 124 Å². The summed E-state index contributed by atoms with van der Waals surface area (Å²) in [4.78, 5) is 101. The number of hydrogen-bond donors (Lipinski definition) is 9. The second-order valence-corrected chi connectivity index (χ2v) is 17.4. The Morgan fingerprint density at radius 2 is 1.46 bits per heavy atom. The lowest BCUT2D eigenvalue weighted by Gasteiger charge is -2.32. The highest BCUT2D eigenvalue weighted by atomic mass is 16.5. The highest BCUT2D eigenvalue weighted by Gasteiger charge is 2.43. The zero-order valence-corrected chi connectivity index (χ0v) is 37.9. The summed E-state index contributed by atoms with van der Waals surface area (Å²) in [5, 5.41) is 34.7. The van der Waals surface area contributed by atoms with Crippen LogP contribution in [0.5, 0.6) is 11.5 Å². The van der Waals surface area contributed by atoms with Crippen LogP contribution in [0, 0.1) is 0 Å². The molecule has 6 rings (SSSR count). The van der Waals surface area contributed by atoms with E-state index in [0.29, 0.717) is 18.6 Å². The molecular weight excluding hydrogens is 863 g/mol. The Morgan fingerprint density at radius 3 is 2.12 bits per heavy atom. The maximum absolute atomic E-state index is 14.3. The Hall–Kier alpha value is -6.57. The van der Waals surface area contributed by atoms with E-state index in [9.17, 15) is 43.8 Å². The molecule has 11 N–H and O–H groups in total. The van der Waals surface area contributed by atoms with Crippen LogP contribution < -0.4 is 42.8 Å². The smallest absolute Gasteiger partial charge is 0.251 e. The molecule has 0 aliphatic carbocycles. The van der Waals surface area contributed by atoms with Gasteiger partial charge in [-0.1, -0.05) is 36.4 Å². The first-order valence-electron chi connectivity index (χ1n) is 22.9. The van der Waals surface area contributed by atoms with Crippen LogP contribution in [0.15, 0.2) is 72.8 Å². The lowest BCUT2D eigenvalue weighted by Crippen LogP contribution is -2.61. The van der Waals surface area contributed by atoms with Gasteiger partial charge in [-0.3, -0.25) is 33.6 Å². The van der Waals surface area contributed by atoms with Crippen molar-refractivity contribution in [3.8, 4) is 22.6 Å². The fourth-order valence-corrected chi connectivity index (χ4v) is 8.79. The van der Waals surface area contributed by atoms with E-state index in [1.54, 1.807) is 43.5 Å². The number of nitrogens with zero attached hydrogens (tertiary/aromatic N) is 2. The molecule has 3 aromatic rings. The molecule has 3 aliphatic heterocycles. The third kappa shape index (κ3) is 12.9. The van der Waals surface area contributed by atoms with Gasteiger partial charge in [0.25, 0.3) is 5.91 Å². The van der Waals surface area contributed by atoms with Crippen molar-refractivity contribution in [1.29, 1.82) is 0 Å². The summed E-state index contributed by atoms with van der Waals surface area (Å²) in [5.41, 5.74) is 14.9. The molecule has 3 aromatic carbocycles. The van der Waals surface area contributed by atoms with Crippen LogP contribution in [0.1, 0.15) is 74.2 Å². The molecule has 67 heavy (non-hydrogen) atoms. The van der Waals surface area contributed by atoms with Gasteiger partial charge in [-0.15, -0.1) is 0 Å². The van der Waals surface area contributed by atoms with Gasteiger partial charge in [0.1, 0.15) is 47.8 Å². The molecule has 360 valence electrons. The highest BCUT2D eigenvalue weighted by Crippen LogP contribution is 2.25. The number of rotatable bonds is 11. The Kier molecular flexibility index (Phi) is 17.3. The van der Waals surface area contributed by atoms with Crippen molar-refractivity contribution in [1.82, 2.24) is 36.4 Å². The van der Waals surface area contributed by atoms with Crippen LogP contribution in [-0.2, 0) is 35.2 Å². The molecule has 19 nitrogen and oxygen atoms in total. The number of phenols is 1. The number of amides is 7. The van der Waals surface area contributed by atoms with E-state index in [1.807, 2.05) is 24.3 Å². The van der Waals surface area contributed by atoms with Crippen molar-refractivity contribution in [2.45, 2.75) is 113 Å². The first-order chi connectivity index (χ1) is 32.2. The van der Waals surface area contributed by atoms with E-state index in [4.69, 9.17) is 16.2 Å². The van der Waals surface area contributed by atoms with Gasteiger partial charge in [0.05, 0.1) is 13.2 Å². The summed E-state index contributed by atoms with van der Waals surface area (Å²) in [6.45, 7) is 1.71. The van der Waals surface area contributed by atoms with E-state index < -0.39 is 89.7 Å². The maximum atomic E-state index is 14.3. The van der Waals surface area contributed by atoms with Crippen molar-refractivity contribution >= 4 is 41.4 Å². The number of aliphatic hydroxyl groups excluding tert-OH is 1. The van der Waals surface area contributed by atoms with E-state index in [2.05, 4.69) is 26.6 Å². The number of hydrogen-bond acceptors (Lipinski definition) is 12. The maximum Gasteiger partial charge on any atom is 0.251 e. The van der Waals surface area contributed by atoms with E-state index in [1.165, 1.54) is 28.9 Å². The Balaban J connectivity index is 1.28. The number of nitrogens with two attached hydrogens (primary N) is 2. The van der Waals surface area contributed by atoms with E-state index in [-0.39, 0.29) is 82.4 Å². The van der Waals surface area contributed by atoms with Crippen molar-refractivity contribution in [2.24, 2.45) is 11.5 Å². The van der Waals surface area contributed by atoms with E-state index >= 15 is 0 Å². The molecule has 19 heteroatoms. The number of methoxy groups -OCH3 is 1. The Morgan fingerprint density at radius 1 is 0.791 bits per heavy atom. The van der Waals surface area contributed by atoms with Crippen LogP contribution in [-0.4, -0.2) is 143 Å². The number of aromatic hydroxyl groups is 1. The number of carbonyl (C=O) groups excluding carboxylic acids is 7. The summed E-state index contributed by atoms with van der Waals surface area (Å²) >= 11 is 0. The molecule has 3 saturated heterocycles. The lowest BCUT2D eigenvalue weighted by atomic mass is 10.0. The zero-order valence-electron chi connectivity index (χ0n) is 37.9. The minimum atomic E-state index is -1.53. The molecule has 0 radical (unpaired) electrons. The molecule has 8 atom stereocenters. The normalized spacial score (nSPS) is 25.1. The minimum absolute atomic E-state index is 0.0111. The molecular formula is C48H63N9O10. The zero-order chi connectivity index (χ0) is 48.2. The molecule has 3 heterocycles. The van der Waals surface area contributed by atoms with Crippen LogP contribution in [0.3, 0.4) is 0 Å². The fourth-order valence-electron chi connectivity index (χ4n) is 8.79. The minimum Gasteiger partial charge on any atom is -0.508 e. The molecule has 0 bridgehead atoms. The lowest BCUT2D eigenvalue weighted by molar-refractivity contribution is -0.144. The quantitative estimate of drug-likeness (QED) is 0.125. The average Bonchev–Trinajstić information content (AvgIpc) is 3.99. The van der Waals surface area contributed by atoms with E-state index in [0.717, 1.165) is 16.7 Å². The van der Waals surface area contributed by atoms with Crippen molar-refractivity contribution < 1.29 is 48.5 Å². The number of benzene rings is 3. The molecule has 2 unspecified atom stereocenters. The Bertz CT molecular complexity index is 2220. The van der Waals surface area contributed by atoms with Gasteiger partial charge in [-0.25, -0.2) is 0 Å². The van der Waals surface area contributed by atoms with Crippen molar-refractivity contribution in [3.63, 3.8) is 0 Å². The van der Waals surface area contributed by atoms with Gasteiger partial charge in [-0.2, -0.15) is 0 Å². The Labute approximate surface area is 389 Å². The second-order valence-electron chi connectivity index (χ2n) is 17.4. The summed E-state index contributed by atoms with van der Waals surface area (Å²) in [6.07, 6.45) is 0.306. The number of ether oxygens (including phenoxy) is 1. The second kappa shape index (κ2) is 23.2. The third-order valence-electron chi connectivity index (χ3n) is 12.6. The third-order valence-corrected chi connectivity index (χ3v) is 12.6. The van der Waals surface area contributed by atoms with Gasteiger partial charge in [0.15, 0.2) is 0 Å². The summed E-state index contributed by atoms with van der Waals surface area (Å²) in [6, 6.07) is 12.8. The summed E-state index contributed by atoms with van der Waals surface area (Å²) in [7, 11) is 1.58. The number of carbonyl (C=O) groups is 7. The van der Waals surface area contributed by atoms with Crippen LogP contribution in [0.25, 0.3) is 11.1 Å². The fraction of sp³-hybridized carbons (Fsp3) is 0.479. The van der Waals surface area contributed by atoms with Crippen molar-refractivity contribution in [2.75, 3.05) is 33.3 Å². The van der Waals surface area contributed by atoms with Gasteiger partial charge >= 0.3 is 0 Å². The number of fused-ring (bicyclic) bond motifs is 2. The van der Waals surface area contributed by atoms with Gasteiger partial charge in [0.2, 0.25) is 35.4 Å². The number of aryl methyl sites for hydroxylation is 1. The predicted octanol–water partition coefficient (Wildman–Crippen LogP) is 0.202. The number of nitrogens with one attached hydrogen (secondary N) is 5. The molecule has 7 amide bonds. The molecule has 0 aromatic heterocycles. The number of aliphatic hydroxyl groups is 1. The molecule has 0 saturated carbocycles. The van der Waals surface area contributed by atoms with Gasteiger partial charge in [0, 0.05) is 31.2 Å². The first-order valence-corrected chi connectivity index (χ1v) is 22.9. The largest absolute Gasteiger partial charge is 0.508 e. The SMILES string of the molecule is COc1ccc(-c2ccc(C(=O)N[C@H]3CCCNC(=O)[C@@H]4CC(N)CN4C(=O)[C@H](CCCN)NC(=O)[C@H](CCc4ccc(O)cc4)NC(=O)[C@@H]4CCCN4C(=O)[C@H](C(C)O)NC3=O)cc2)cc1. The molecule has 3 aliphatic rings. The summed E-state index contributed by atoms with van der Waals surface area (Å²) < 4.78 is 5.25. The van der Waals surface area contributed by atoms with Crippen LogP contribution in [0.4, 0.5) is 0 Å². The standard InChI is InChI=1S/C48H63N9O10/c1-28(58)41-48(66)56-25-5-8-39(56)46(64)53-37(22-11-29-9-18-34(59)19-10-29)43(61)54-38(6-3-23-49)47(65)57-27-33(50)26-40(57)45(63)51-24-4-7-36(44(62)55-41)52-42(60)32-14-12-30(13-15-32)31-16-20-35(67-2)21-17-31/h9-10,12-21,28,33,36-41,58-59H,3-8,11,22-27,49-50H2,1-2H3,(H,51,63)(H,52,60)(H,53,64)(H,54,61)(H,55,62)/t28?,33?,36-,37-,38-,39-,40-,41-/m0/s1.